The van der Waals surface area contributed by atoms with Gasteiger partial charge in [-0.15, -0.1) is 0 Å². The molecule has 0 aliphatic rings. The first kappa shape index (κ1) is 50.5. The van der Waals surface area contributed by atoms with Gasteiger partial charge in [-0.1, -0.05) is 89.2 Å². The lowest BCUT2D eigenvalue weighted by atomic mass is 10.1. The second-order valence-corrected chi connectivity index (χ2v) is 14.7. The Morgan fingerprint density at radius 3 is 1.29 bits per heavy atom. The van der Waals surface area contributed by atoms with Gasteiger partial charge in [-0.2, -0.15) is 0 Å². The number of nitrogens with zero attached hydrogens (tertiary/aromatic N) is 8. The van der Waals surface area contributed by atoms with E-state index in [0.717, 1.165) is 35.0 Å². The summed E-state index contributed by atoms with van der Waals surface area (Å²) in [6, 6.07) is 15.0. The fourth-order valence-corrected chi connectivity index (χ4v) is 4.37. The minimum atomic E-state index is -0.632. The summed E-state index contributed by atoms with van der Waals surface area (Å²) in [7, 11) is 0. The Morgan fingerprint density at radius 2 is 0.914 bits per heavy atom. The van der Waals surface area contributed by atoms with Crippen LogP contribution in [0.25, 0.3) is 0 Å². The Bertz CT molecular complexity index is 1820. The second-order valence-electron chi connectivity index (χ2n) is 14.7. The van der Waals surface area contributed by atoms with Crippen LogP contribution in [0.5, 0.6) is 0 Å². The predicted molar refractivity (Wildman–Crippen MR) is 225 cm³/mol. The van der Waals surface area contributed by atoms with Crippen molar-refractivity contribution in [3.8, 4) is 0 Å². The normalized spacial score (nSPS) is 10.3. The van der Waals surface area contributed by atoms with E-state index in [9.17, 15) is 17.6 Å². The lowest BCUT2D eigenvalue weighted by Crippen LogP contribution is -1.97. The lowest BCUT2D eigenvalue weighted by Gasteiger charge is -2.03. The van der Waals surface area contributed by atoms with Gasteiger partial charge in [-0.3, -0.25) is 29.9 Å². The summed E-state index contributed by atoms with van der Waals surface area (Å²) in [5, 5.41) is 0. The molecule has 0 aliphatic carbocycles. The molecule has 0 atom stereocenters. The van der Waals surface area contributed by atoms with Gasteiger partial charge in [0, 0.05) is 60.3 Å². The second kappa shape index (κ2) is 28.0. The molecule has 6 aromatic heterocycles. The molecule has 0 N–H and O–H groups in total. The smallest absolute Gasteiger partial charge is 0.147 e. The van der Waals surface area contributed by atoms with Gasteiger partial charge in [0.2, 0.25) is 0 Å². The monoisotopic (exact) mass is 800 g/mol. The molecule has 8 nitrogen and oxygen atoms in total. The van der Waals surface area contributed by atoms with Gasteiger partial charge < -0.3 is 0 Å². The van der Waals surface area contributed by atoms with Crippen molar-refractivity contribution in [2.45, 2.75) is 119 Å². The molecule has 312 valence electrons. The third kappa shape index (κ3) is 21.1. The van der Waals surface area contributed by atoms with Crippen molar-refractivity contribution >= 4 is 0 Å². The van der Waals surface area contributed by atoms with Crippen LogP contribution >= 0.6 is 0 Å². The average molecular weight is 801 g/mol. The number of rotatable bonds is 6. The van der Waals surface area contributed by atoms with Crippen molar-refractivity contribution in [2.24, 2.45) is 0 Å². The van der Waals surface area contributed by atoms with Crippen LogP contribution in [0, 0.1) is 23.3 Å². The highest BCUT2D eigenvalue weighted by Gasteiger charge is 2.08. The minimum Gasteiger partial charge on any atom is -0.261 e. The first-order valence-corrected chi connectivity index (χ1v) is 19.4. The zero-order chi connectivity index (χ0) is 43.6. The van der Waals surface area contributed by atoms with Gasteiger partial charge in [0.05, 0.1) is 29.5 Å². The van der Waals surface area contributed by atoms with E-state index >= 15 is 0 Å². The molecule has 0 radical (unpaired) electrons. The zero-order valence-corrected chi connectivity index (χ0v) is 35.9. The molecule has 0 aliphatic heterocycles. The molecule has 0 saturated heterocycles. The molecule has 0 spiro atoms. The average Bonchev–Trinajstić information content (AvgIpc) is 3.20. The van der Waals surface area contributed by atoms with E-state index in [0.29, 0.717) is 35.1 Å². The maximum absolute atomic E-state index is 12.8. The largest absolute Gasteiger partial charge is 0.261 e. The van der Waals surface area contributed by atoms with Crippen LogP contribution < -0.4 is 0 Å². The quantitative estimate of drug-likeness (QED) is 0.153. The number of halogens is 4. The minimum absolute atomic E-state index is 0.00407. The highest BCUT2D eigenvalue weighted by Crippen LogP contribution is 2.16. The SMILES string of the molecule is CC(C)c1ccc(F)cn1.CC(C)c1ccccn1.CC(C)c1ccncn1.CC(C)c1cnccn1.CC(C)c1ncc(F)cc1F.CC(C)c1ncccc1F. The number of hydrogen-bond donors (Lipinski definition) is 0. The maximum atomic E-state index is 12.8. The number of hydrogen-bond acceptors (Lipinski definition) is 8. The highest BCUT2D eigenvalue weighted by atomic mass is 19.1. The molecule has 0 saturated carbocycles. The third-order valence-corrected chi connectivity index (χ3v) is 7.71. The van der Waals surface area contributed by atoms with Crippen LogP contribution in [0.15, 0.2) is 110 Å². The number of pyridine rings is 4. The van der Waals surface area contributed by atoms with Crippen LogP contribution in [-0.2, 0) is 0 Å². The zero-order valence-electron chi connectivity index (χ0n) is 35.9. The fourth-order valence-electron chi connectivity index (χ4n) is 4.37. The molecule has 6 heterocycles. The van der Waals surface area contributed by atoms with Crippen molar-refractivity contribution in [2.75, 3.05) is 0 Å². The molecule has 6 rings (SSSR count). The van der Waals surface area contributed by atoms with E-state index < -0.39 is 11.6 Å². The highest BCUT2D eigenvalue weighted by molar-refractivity contribution is 5.12. The molecule has 0 fully saturated rings. The van der Waals surface area contributed by atoms with E-state index in [2.05, 4.69) is 81.4 Å². The molecule has 0 aromatic carbocycles. The molecule has 58 heavy (non-hydrogen) atoms. The lowest BCUT2D eigenvalue weighted by molar-refractivity contribution is 0.548. The van der Waals surface area contributed by atoms with Crippen LogP contribution in [0.2, 0.25) is 0 Å². The Hall–Kier alpha value is -5.52. The molecular weight excluding hydrogens is 741 g/mol. The molecule has 12 heteroatoms. The fraction of sp³-hybridized carbons (Fsp3) is 0.391. The summed E-state index contributed by atoms with van der Waals surface area (Å²) < 4.78 is 50.2. The van der Waals surface area contributed by atoms with E-state index in [1.807, 2.05) is 72.0 Å². The van der Waals surface area contributed by atoms with Crippen molar-refractivity contribution in [1.29, 1.82) is 0 Å². The van der Waals surface area contributed by atoms with Gasteiger partial charge in [0.25, 0.3) is 0 Å². The first-order valence-electron chi connectivity index (χ1n) is 19.4. The van der Waals surface area contributed by atoms with E-state index in [-0.39, 0.29) is 23.5 Å². The Kier molecular flexibility index (Phi) is 24.4. The van der Waals surface area contributed by atoms with Gasteiger partial charge in [-0.25, -0.2) is 27.5 Å². The van der Waals surface area contributed by atoms with Crippen molar-refractivity contribution in [1.82, 2.24) is 39.9 Å². The first-order chi connectivity index (χ1) is 27.4. The molecule has 0 bridgehead atoms. The standard InChI is InChI=1S/C8H9F2N.2C8H10FN.C8H11N.2C7H10N2/c1-5(2)8-7(10)3-6(9)4-11-8;1-6(2)8-4-3-7(9)5-10-8;1-6(2)8-7(9)4-3-5-10-8;1-7(2)8-5-3-4-6-9-8;1-6(2)7-5-8-3-4-9-7;1-6(2)7-3-4-8-5-9-7/h3-5H,1-2H3;2*3-6H,1-2H3;3-7H,1-2H3;2*3-6H,1-2H3. The van der Waals surface area contributed by atoms with Crippen molar-refractivity contribution in [3.63, 3.8) is 0 Å². The molecule has 0 unspecified atom stereocenters. The molecule has 0 amide bonds. The van der Waals surface area contributed by atoms with E-state index in [4.69, 9.17) is 0 Å². The summed E-state index contributed by atoms with van der Waals surface area (Å²) in [6.07, 6.45) is 14.3. The van der Waals surface area contributed by atoms with Crippen molar-refractivity contribution < 1.29 is 17.6 Å². The Morgan fingerprint density at radius 1 is 0.362 bits per heavy atom. The predicted octanol–water partition coefficient (Wildman–Crippen LogP) is 12.6. The summed E-state index contributed by atoms with van der Waals surface area (Å²) in [5.41, 5.74) is 5.11. The maximum Gasteiger partial charge on any atom is 0.147 e. The summed E-state index contributed by atoms with van der Waals surface area (Å²) in [4.78, 5) is 31.6. The summed E-state index contributed by atoms with van der Waals surface area (Å²) >= 11 is 0. The number of aromatic nitrogens is 8. The van der Waals surface area contributed by atoms with E-state index in [1.165, 1.54) is 18.3 Å². The third-order valence-electron chi connectivity index (χ3n) is 7.71. The van der Waals surface area contributed by atoms with E-state index in [1.54, 1.807) is 49.4 Å². The van der Waals surface area contributed by atoms with Gasteiger partial charge in [-0.05, 0) is 78.0 Å². The Labute approximate surface area is 343 Å². The summed E-state index contributed by atoms with van der Waals surface area (Å²) in [6.45, 7) is 24.2. The summed E-state index contributed by atoms with van der Waals surface area (Å²) in [5.74, 6) is 0.393. The Balaban J connectivity index is 0.000000349. The van der Waals surface area contributed by atoms with Crippen LogP contribution in [0.3, 0.4) is 0 Å². The van der Waals surface area contributed by atoms with Crippen LogP contribution in [0.4, 0.5) is 17.6 Å². The van der Waals surface area contributed by atoms with Crippen LogP contribution in [0.1, 0.15) is 153 Å². The topological polar surface area (TPSA) is 103 Å². The molecular formula is C46H60F4N8. The van der Waals surface area contributed by atoms with Gasteiger partial charge >= 0.3 is 0 Å². The van der Waals surface area contributed by atoms with Gasteiger partial charge in [0.15, 0.2) is 0 Å². The molecule has 6 aromatic rings. The van der Waals surface area contributed by atoms with Crippen molar-refractivity contribution in [3.05, 3.63) is 168 Å². The van der Waals surface area contributed by atoms with Crippen LogP contribution in [-0.4, -0.2) is 39.9 Å². The van der Waals surface area contributed by atoms with Gasteiger partial charge in [0.1, 0.15) is 29.6 Å².